The Balaban J connectivity index is 1.94. The molecule has 1 aromatic rings. The summed E-state index contributed by atoms with van der Waals surface area (Å²) in [5.41, 5.74) is 1.25. The van der Waals surface area contributed by atoms with Crippen molar-refractivity contribution in [3.8, 4) is 0 Å². The smallest absolute Gasteiger partial charge is 0.106 e. The van der Waals surface area contributed by atoms with Crippen molar-refractivity contribution in [2.75, 3.05) is 14.2 Å². The van der Waals surface area contributed by atoms with Gasteiger partial charge in [-0.3, -0.25) is 4.90 Å². The third kappa shape index (κ3) is 2.79. The Bertz CT molecular complexity index is 549. The first-order valence-corrected chi connectivity index (χ1v) is 8.11. The maximum atomic E-state index is 6.20. The van der Waals surface area contributed by atoms with Crippen molar-refractivity contribution >= 4 is 29.4 Å². The molecule has 5 heteroatoms. The molecule has 0 amide bonds. The quantitative estimate of drug-likeness (QED) is 0.614. The Kier molecular flexibility index (Phi) is 4.43. The van der Waals surface area contributed by atoms with Gasteiger partial charge in [0.05, 0.1) is 10.0 Å². The average molecular weight is 327 g/mol. The van der Waals surface area contributed by atoms with Crippen molar-refractivity contribution in [3.05, 3.63) is 33.8 Å². The predicted molar refractivity (Wildman–Crippen MR) is 87.4 cm³/mol. The fourth-order valence-corrected chi connectivity index (χ4v) is 4.25. The summed E-state index contributed by atoms with van der Waals surface area (Å²) in [4.78, 5) is 7.42. The van der Waals surface area contributed by atoms with E-state index in [0.29, 0.717) is 34.0 Å². The van der Waals surface area contributed by atoms with E-state index in [2.05, 4.69) is 23.2 Å². The molecule has 2 saturated heterocycles. The fourth-order valence-electron chi connectivity index (χ4n) is 3.94. The van der Waals surface area contributed by atoms with Gasteiger partial charge in [-0.15, -0.1) is 0 Å². The molecule has 3 rings (SSSR count). The number of rotatable bonds is 3. The monoisotopic (exact) mass is 326 g/mol. The van der Waals surface area contributed by atoms with Gasteiger partial charge < -0.3 is 4.84 Å². The summed E-state index contributed by atoms with van der Waals surface area (Å²) in [5.74, 6) is 0.776. The van der Waals surface area contributed by atoms with E-state index in [9.17, 15) is 0 Å². The van der Waals surface area contributed by atoms with Crippen molar-refractivity contribution in [2.45, 2.75) is 37.3 Å². The zero-order valence-electron chi connectivity index (χ0n) is 12.3. The third-order valence-electron chi connectivity index (χ3n) is 5.04. The van der Waals surface area contributed by atoms with Crippen molar-refractivity contribution < 1.29 is 4.84 Å². The number of nitrogens with zero attached hydrogens (tertiary/aromatic N) is 2. The zero-order valence-corrected chi connectivity index (χ0v) is 13.8. The number of benzene rings is 1. The van der Waals surface area contributed by atoms with Crippen LogP contribution in [0.3, 0.4) is 0 Å². The van der Waals surface area contributed by atoms with Crippen LogP contribution in [0.5, 0.6) is 0 Å². The van der Waals surface area contributed by atoms with Crippen LogP contribution < -0.4 is 0 Å². The molecule has 0 spiro atoms. The number of hydrogen-bond acceptors (Lipinski definition) is 3. The maximum Gasteiger partial charge on any atom is 0.106 e. The highest BCUT2D eigenvalue weighted by molar-refractivity contribution is 6.42. The van der Waals surface area contributed by atoms with Crippen LogP contribution in [0.15, 0.2) is 23.4 Å². The first kappa shape index (κ1) is 15.1. The molecule has 1 aromatic carbocycles. The van der Waals surface area contributed by atoms with Gasteiger partial charge in [0.2, 0.25) is 0 Å². The van der Waals surface area contributed by atoms with Crippen LogP contribution in [0, 0.1) is 5.92 Å². The number of hydrogen-bond donors (Lipinski definition) is 0. The zero-order chi connectivity index (χ0) is 15.0. The van der Waals surface area contributed by atoms with Gasteiger partial charge in [-0.25, -0.2) is 0 Å². The first-order valence-electron chi connectivity index (χ1n) is 7.35. The Morgan fingerprint density at radius 1 is 1.29 bits per heavy atom. The van der Waals surface area contributed by atoms with Gasteiger partial charge in [0.15, 0.2) is 0 Å². The number of piperidine rings is 1. The number of halogens is 2. The molecule has 0 aliphatic carbocycles. The minimum Gasteiger partial charge on any atom is -0.399 e. The van der Waals surface area contributed by atoms with E-state index >= 15 is 0 Å². The lowest BCUT2D eigenvalue weighted by atomic mass is 9.77. The van der Waals surface area contributed by atoms with Crippen LogP contribution >= 0.6 is 23.2 Å². The molecule has 3 nitrogen and oxygen atoms in total. The second-order valence-corrected chi connectivity index (χ2v) is 6.81. The van der Waals surface area contributed by atoms with E-state index in [4.69, 9.17) is 28.0 Å². The van der Waals surface area contributed by atoms with Gasteiger partial charge >= 0.3 is 0 Å². The molecule has 2 heterocycles. The summed E-state index contributed by atoms with van der Waals surface area (Å²) in [5, 5.41) is 5.29. The Morgan fingerprint density at radius 2 is 2.10 bits per heavy atom. The summed E-state index contributed by atoms with van der Waals surface area (Å²) in [6.45, 7) is 0. The van der Waals surface area contributed by atoms with Crippen LogP contribution in [0.2, 0.25) is 10.0 Å². The second-order valence-electron chi connectivity index (χ2n) is 5.99. The summed E-state index contributed by atoms with van der Waals surface area (Å²) < 4.78 is 0. The molecule has 0 saturated carbocycles. The van der Waals surface area contributed by atoms with E-state index in [1.54, 1.807) is 7.11 Å². The van der Waals surface area contributed by atoms with Crippen molar-refractivity contribution in [3.63, 3.8) is 0 Å². The number of fused-ring (bicyclic) bond motifs is 2. The molecule has 2 unspecified atom stereocenters. The van der Waals surface area contributed by atoms with Crippen LogP contribution in [0.1, 0.15) is 30.7 Å². The SMILES string of the molecule is CO/N=C/[C@@H]1C(c2ccc(Cl)c(Cl)c2)C[C@H]2CCC1N2C. The highest BCUT2D eigenvalue weighted by atomic mass is 35.5. The van der Waals surface area contributed by atoms with Crippen molar-refractivity contribution in [1.82, 2.24) is 4.90 Å². The lowest BCUT2D eigenvalue weighted by molar-refractivity contribution is 0.131. The van der Waals surface area contributed by atoms with Crippen molar-refractivity contribution in [1.29, 1.82) is 0 Å². The maximum absolute atomic E-state index is 6.20. The van der Waals surface area contributed by atoms with Gasteiger partial charge in [0, 0.05) is 24.2 Å². The minimum absolute atomic E-state index is 0.353. The Hall–Kier alpha value is -0.770. The summed E-state index contributed by atoms with van der Waals surface area (Å²) in [6, 6.07) is 7.18. The molecule has 0 N–H and O–H groups in total. The lowest BCUT2D eigenvalue weighted by Gasteiger charge is -2.41. The standard InChI is InChI=1S/C16H20Cl2N2O/c1-20-11-4-6-16(20)13(9-19-21-2)12(8-11)10-3-5-14(17)15(18)7-10/h3,5,7,9,11-13,16H,4,6,8H2,1-2H3/b19-9+/t11-,12?,13-,16?/m1/s1. The van der Waals surface area contributed by atoms with Gasteiger partial charge in [-0.2, -0.15) is 0 Å². The third-order valence-corrected chi connectivity index (χ3v) is 5.78. The van der Waals surface area contributed by atoms with E-state index < -0.39 is 0 Å². The molecule has 0 aromatic heterocycles. The van der Waals surface area contributed by atoms with Gasteiger partial charge in [0.1, 0.15) is 7.11 Å². The molecule has 114 valence electrons. The molecule has 2 aliphatic heterocycles. The molecule has 2 fully saturated rings. The molecule has 2 aliphatic rings. The predicted octanol–water partition coefficient (Wildman–Crippen LogP) is 4.19. The van der Waals surface area contributed by atoms with E-state index in [0.717, 1.165) is 6.42 Å². The number of oxime groups is 1. The van der Waals surface area contributed by atoms with Gasteiger partial charge in [-0.05, 0) is 49.9 Å². The van der Waals surface area contributed by atoms with Crippen molar-refractivity contribution in [2.24, 2.45) is 11.1 Å². The largest absolute Gasteiger partial charge is 0.399 e. The molecular weight excluding hydrogens is 307 g/mol. The van der Waals surface area contributed by atoms with Gasteiger partial charge in [0.25, 0.3) is 0 Å². The molecule has 21 heavy (non-hydrogen) atoms. The Morgan fingerprint density at radius 3 is 2.81 bits per heavy atom. The van der Waals surface area contributed by atoms with E-state index in [-0.39, 0.29) is 0 Å². The minimum atomic E-state index is 0.353. The first-order chi connectivity index (χ1) is 10.1. The summed E-state index contributed by atoms with van der Waals surface area (Å²) >= 11 is 12.2. The summed E-state index contributed by atoms with van der Waals surface area (Å²) in [6.07, 6.45) is 5.58. The van der Waals surface area contributed by atoms with Gasteiger partial charge in [-0.1, -0.05) is 34.4 Å². The molecule has 2 bridgehead atoms. The van der Waals surface area contributed by atoms with E-state index in [1.807, 2.05) is 18.3 Å². The fraction of sp³-hybridized carbons (Fsp3) is 0.562. The second kappa shape index (κ2) is 6.15. The topological polar surface area (TPSA) is 24.8 Å². The van der Waals surface area contributed by atoms with Crippen LogP contribution in [-0.2, 0) is 4.84 Å². The molecule has 0 radical (unpaired) electrons. The molecule has 4 atom stereocenters. The molecular formula is C16H20Cl2N2O. The average Bonchev–Trinajstić information content (AvgIpc) is 2.72. The van der Waals surface area contributed by atoms with Crippen LogP contribution in [0.4, 0.5) is 0 Å². The highest BCUT2D eigenvalue weighted by Crippen LogP contribution is 2.46. The van der Waals surface area contributed by atoms with Crippen LogP contribution in [-0.4, -0.2) is 37.4 Å². The Labute approximate surface area is 135 Å². The summed E-state index contributed by atoms with van der Waals surface area (Å²) in [7, 11) is 3.82. The normalized spacial score (nSPS) is 32.8. The van der Waals surface area contributed by atoms with Crippen LogP contribution in [0.25, 0.3) is 0 Å². The lowest BCUT2D eigenvalue weighted by Crippen LogP contribution is -2.46. The van der Waals surface area contributed by atoms with E-state index in [1.165, 1.54) is 18.4 Å². The highest BCUT2D eigenvalue weighted by Gasteiger charge is 2.45.